The van der Waals surface area contributed by atoms with Crippen LogP contribution in [-0.4, -0.2) is 5.78 Å². The summed E-state index contributed by atoms with van der Waals surface area (Å²) in [6.45, 7) is 0. The Balaban J connectivity index is 2.16. The van der Waals surface area contributed by atoms with Gasteiger partial charge in [-0.1, -0.05) is 18.2 Å². The van der Waals surface area contributed by atoms with E-state index < -0.39 is 29.2 Å². The number of benzene rings is 2. The van der Waals surface area contributed by atoms with Crippen molar-refractivity contribution < 1.29 is 26.7 Å². The largest absolute Gasteiger partial charge is 0.416 e. The first-order chi connectivity index (χ1) is 10.3. The lowest BCUT2D eigenvalue weighted by Gasteiger charge is -2.05. The van der Waals surface area contributed by atoms with E-state index in [0.29, 0.717) is 11.6 Å². The van der Waals surface area contributed by atoms with Crippen molar-refractivity contribution in [2.75, 3.05) is 0 Å². The molecule has 0 aliphatic heterocycles. The van der Waals surface area contributed by atoms with E-state index in [1.54, 1.807) is 0 Å². The Morgan fingerprint density at radius 1 is 0.955 bits per heavy atom. The zero-order valence-electron chi connectivity index (χ0n) is 11.0. The van der Waals surface area contributed by atoms with Crippen molar-refractivity contribution in [1.29, 1.82) is 0 Å². The molecule has 114 valence electrons. The number of rotatable bonds is 3. The fourth-order valence-corrected chi connectivity index (χ4v) is 1.73. The van der Waals surface area contributed by atoms with Crippen LogP contribution in [0, 0.1) is 11.6 Å². The van der Waals surface area contributed by atoms with Gasteiger partial charge in [0.2, 0.25) is 0 Å². The van der Waals surface area contributed by atoms with Gasteiger partial charge in [-0.2, -0.15) is 13.2 Å². The molecule has 0 unspecified atom stereocenters. The molecule has 0 saturated heterocycles. The molecule has 2 aromatic rings. The van der Waals surface area contributed by atoms with Crippen molar-refractivity contribution in [2.45, 2.75) is 6.18 Å². The number of carbonyl (C=O) groups is 1. The Morgan fingerprint density at radius 3 is 2.14 bits per heavy atom. The molecule has 0 amide bonds. The molecule has 0 heterocycles. The van der Waals surface area contributed by atoms with Gasteiger partial charge in [0.1, 0.15) is 11.6 Å². The fraction of sp³-hybridized carbons (Fsp3) is 0.0625. The fourth-order valence-electron chi connectivity index (χ4n) is 1.73. The minimum atomic E-state index is -4.44. The van der Waals surface area contributed by atoms with E-state index in [1.807, 2.05) is 0 Å². The molecular weight excluding hydrogens is 303 g/mol. The Labute approximate surface area is 122 Å². The van der Waals surface area contributed by atoms with Crippen LogP contribution in [0.3, 0.4) is 0 Å². The van der Waals surface area contributed by atoms with E-state index in [-0.39, 0.29) is 5.56 Å². The van der Waals surface area contributed by atoms with Gasteiger partial charge in [0.25, 0.3) is 0 Å². The Kier molecular flexibility index (Phi) is 4.40. The quantitative estimate of drug-likeness (QED) is 0.448. The lowest BCUT2D eigenvalue weighted by Crippen LogP contribution is -2.04. The summed E-state index contributed by atoms with van der Waals surface area (Å²) in [6.07, 6.45) is -2.17. The maximum atomic E-state index is 13.4. The molecule has 0 aliphatic rings. The summed E-state index contributed by atoms with van der Waals surface area (Å²) in [5.74, 6) is -2.51. The van der Waals surface area contributed by atoms with Gasteiger partial charge in [-0.3, -0.25) is 4.79 Å². The molecule has 0 saturated carbocycles. The van der Waals surface area contributed by atoms with Crippen molar-refractivity contribution in [3.63, 3.8) is 0 Å². The molecule has 0 spiro atoms. The van der Waals surface area contributed by atoms with Crippen LogP contribution in [-0.2, 0) is 6.18 Å². The van der Waals surface area contributed by atoms with Gasteiger partial charge in [-0.15, -0.1) is 0 Å². The van der Waals surface area contributed by atoms with Crippen LogP contribution < -0.4 is 0 Å². The molecular formula is C16H9F5O. The molecule has 0 atom stereocenters. The van der Waals surface area contributed by atoms with Crippen LogP contribution in [0.4, 0.5) is 22.0 Å². The van der Waals surface area contributed by atoms with E-state index in [2.05, 4.69) is 0 Å². The highest BCUT2D eigenvalue weighted by Crippen LogP contribution is 2.29. The van der Waals surface area contributed by atoms with Crippen molar-refractivity contribution in [2.24, 2.45) is 0 Å². The number of carbonyl (C=O) groups excluding carboxylic acids is 1. The van der Waals surface area contributed by atoms with Crippen molar-refractivity contribution >= 4 is 11.9 Å². The summed E-state index contributed by atoms with van der Waals surface area (Å²) >= 11 is 0. The van der Waals surface area contributed by atoms with Crippen LogP contribution in [0.15, 0.2) is 48.5 Å². The third-order valence-electron chi connectivity index (χ3n) is 2.86. The maximum absolute atomic E-state index is 13.4. The second kappa shape index (κ2) is 6.09. The Hall–Kier alpha value is -2.50. The minimum absolute atomic E-state index is 0.315. The van der Waals surface area contributed by atoms with Crippen LogP contribution >= 0.6 is 0 Å². The first-order valence-electron chi connectivity index (χ1n) is 6.12. The van der Waals surface area contributed by atoms with Crippen molar-refractivity contribution in [1.82, 2.24) is 0 Å². The first-order valence-corrected chi connectivity index (χ1v) is 6.12. The summed E-state index contributed by atoms with van der Waals surface area (Å²) in [5, 5.41) is 0. The molecule has 0 bridgehead atoms. The Bertz CT molecular complexity index is 714. The smallest absolute Gasteiger partial charge is 0.289 e. The zero-order valence-corrected chi connectivity index (χ0v) is 11.0. The number of allylic oxidation sites excluding steroid dienone is 1. The third-order valence-corrected chi connectivity index (χ3v) is 2.86. The minimum Gasteiger partial charge on any atom is -0.289 e. The van der Waals surface area contributed by atoms with E-state index in [1.165, 1.54) is 18.2 Å². The number of alkyl halides is 3. The number of ketones is 1. The van der Waals surface area contributed by atoms with Crippen molar-refractivity contribution in [3.8, 4) is 0 Å². The Morgan fingerprint density at radius 2 is 1.59 bits per heavy atom. The highest BCUT2D eigenvalue weighted by molar-refractivity contribution is 6.06. The van der Waals surface area contributed by atoms with Crippen LogP contribution in [0.25, 0.3) is 6.08 Å². The summed E-state index contributed by atoms with van der Waals surface area (Å²) in [6, 6.07) is 6.66. The van der Waals surface area contributed by atoms with E-state index in [4.69, 9.17) is 0 Å². The molecule has 0 aromatic heterocycles. The highest BCUT2D eigenvalue weighted by atomic mass is 19.4. The lowest BCUT2D eigenvalue weighted by atomic mass is 10.1. The zero-order chi connectivity index (χ0) is 16.3. The summed E-state index contributed by atoms with van der Waals surface area (Å²) in [5.41, 5.74) is -0.769. The average molecular weight is 312 g/mol. The molecule has 0 radical (unpaired) electrons. The topological polar surface area (TPSA) is 17.1 Å². The van der Waals surface area contributed by atoms with Gasteiger partial charge in [0, 0.05) is 6.07 Å². The van der Waals surface area contributed by atoms with Gasteiger partial charge in [0.15, 0.2) is 5.78 Å². The molecule has 0 N–H and O–H groups in total. The van der Waals surface area contributed by atoms with Crippen molar-refractivity contribution in [3.05, 3.63) is 76.9 Å². The highest BCUT2D eigenvalue weighted by Gasteiger charge is 2.29. The second-order valence-corrected chi connectivity index (χ2v) is 4.44. The maximum Gasteiger partial charge on any atom is 0.416 e. The molecule has 1 nitrogen and oxygen atoms in total. The van der Waals surface area contributed by atoms with E-state index in [0.717, 1.165) is 30.3 Å². The lowest BCUT2D eigenvalue weighted by molar-refractivity contribution is -0.137. The predicted octanol–water partition coefficient (Wildman–Crippen LogP) is 4.88. The van der Waals surface area contributed by atoms with E-state index >= 15 is 0 Å². The number of halogens is 5. The van der Waals surface area contributed by atoms with Gasteiger partial charge < -0.3 is 0 Å². The normalized spacial score (nSPS) is 11.9. The molecule has 22 heavy (non-hydrogen) atoms. The molecule has 6 heteroatoms. The standard InChI is InChI=1S/C16H9F5O/c17-12-6-7-13(14(18)9-12)15(22)8-3-10-1-4-11(5-2-10)16(19,20)21/h1-9H/b8-3+. The van der Waals surface area contributed by atoms with Crippen LogP contribution in [0.5, 0.6) is 0 Å². The first kappa shape index (κ1) is 15.9. The van der Waals surface area contributed by atoms with Gasteiger partial charge in [-0.25, -0.2) is 8.78 Å². The van der Waals surface area contributed by atoms with Gasteiger partial charge in [-0.05, 0) is 35.9 Å². The van der Waals surface area contributed by atoms with Crippen LogP contribution in [0.1, 0.15) is 21.5 Å². The molecule has 0 aliphatic carbocycles. The summed E-state index contributed by atoms with van der Waals surface area (Å²) in [4.78, 5) is 11.7. The van der Waals surface area contributed by atoms with E-state index in [9.17, 15) is 26.7 Å². The number of hydrogen-bond donors (Lipinski definition) is 0. The average Bonchev–Trinajstić information content (AvgIpc) is 2.44. The third kappa shape index (κ3) is 3.78. The SMILES string of the molecule is O=C(/C=C/c1ccc(C(F)(F)F)cc1)c1ccc(F)cc1F. The monoisotopic (exact) mass is 312 g/mol. The van der Waals surface area contributed by atoms with Gasteiger partial charge in [0.05, 0.1) is 11.1 Å². The second-order valence-electron chi connectivity index (χ2n) is 4.44. The summed E-state index contributed by atoms with van der Waals surface area (Å²) in [7, 11) is 0. The number of hydrogen-bond acceptors (Lipinski definition) is 1. The van der Waals surface area contributed by atoms with Gasteiger partial charge >= 0.3 is 6.18 Å². The molecule has 2 aromatic carbocycles. The molecule has 2 rings (SSSR count). The predicted molar refractivity (Wildman–Crippen MR) is 71.2 cm³/mol. The van der Waals surface area contributed by atoms with Crippen LogP contribution in [0.2, 0.25) is 0 Å². The molecule has 0 fully saturated rings. The summed E-state index contributed by atoms with van der Waals surface area (Å²) < 4.78 is 63.3.